The summed E-state index contributed by atoms with van der Waals surface area (Å²) in [6.07, 6.45) is 7.98. The van der Waals surface area contributed by atoms with E-state index in [-0.39, 0.29) is 0 Å². The fraction of sp³-hybridized carbons (Fsp3) is 0.769. The predicted molar refractivity (Wildman–Crippen MR) is 66.5 cm³/mol. The van der Waals surface area contributed by atoms with Crippen LogP contribution >= 0.6 is 0 Å². The van der Waals surface area contributed by atoms with Crippen LogP contribution in [0.15, 0.2) is 12.5 Å². The summed E-state index contributed by atoms with van der Waals surface area (Å²) in [5, 5.41) is 3.32. The highest BCUT2D eigenvalue weighted by molar-refractivity contribution is 5.11. The van der Waals surface area contributed by atoms with E-state index in [2.05, 4.69) is 28.7 Å². The average molecular weight is 221 g/mol. The lowest BCUT2D eigenvalue weighted by molar-refractivity contribution is 0.417. The topological polar surface area (TPSA) is 29.9 Å². The van der Waals surface area contributed by atoms with Gasteiger partial charge in [-0.2, -0.15) is 0 Å². The van der Waals surface area contributed by atoms with Crippen LogP contribution in [0.4, 0.5) is 0 Å². The molecule has 1 aromatic heterocycles. The second kappa shape index (κ2) is 5.48. The highest BCUT2D eigenvalue weighted by atomic mass is 15.1. The van der Waals surface area contributed by atoms with E-state index in [0.29, 0.717) is 5.92 Å². The molecular formula is C13H23N3. The molecule has 0 amide bonds. The van der Waals surface area contributed by atoms with E-state index in [1.165, 1.54) is 25.0 Å². The average Bonchev–Trinajstić information content (AvgIpc) is 2.58. The molecule has 0 bridgehead atoms. The van der Waals surface area contributed by atoms with Crippen LogP contribution in [0.1, 0.15) is 44.7 Å². The van der Waals surface area contributed by atoms with E-state index in [0.717, 1.165) is 25.6 Å². The van der Waals surface area contributed by atoms with Gasteiger partial charge in [-0.15, -0.1) is 0 Å². The van der Waals surface area contributed by atoms with Crippen LogP contribution in [0.25, 0.3) is 0 Å². The number of nitrogens with one attached hydrogen (secondary N) is 1. The van der Waals surface area contributed by atoms with Crippen molar-refractivity contribution in [2.45, 2.75) is 45.6 Å². The van der Waals surface area contributed by atoms with Gasteiger partial charge in [0.2, 0.25) is 0 Å². The molecule has 0 aliphatic carbocycles. The normalized spacial score (nSPS) is 16.7. The van der Waals surface area contributed by atoms with Crippen LogP contribution < -0.4 is 5.32 Å². The number of unbranched alkanes of at least 4 members (excludes halogenated alkanes) is 1. The Morgan fingerprint density at radius 2 is 2.25 bits per heavy atom. The van der Waals surface area contributed by atoms with E-state index in [1.54, 1.807) is 0 Å². The van der Waals surface area contributed by atoms with Gasteiger partial charge in [0.1, 0.15) is 0 Å². The molecule has 2 rings (SSSR count). The van der Waals surface area contributed by atoms with Crippen LogP contribution in [0.3, 0.4) is 0 Å². The summed E-state index contributed by atoms with van der Waals surface area (Å²) in [4.78, 5) is 4.27. The SMILES string of the molecule is CC(C)CCCCn1cncc1C1CNC1. The number of imidazole rings is 1. The van der Waals surface area contributed by atoms with E-state index in [1.807, 2.05) is 12.5 Å². The second-order valence-corrected chi connectivity index (χ2v) is 5.26. The number of aryl methyl sites for hydroxylation is 1. The Labute approximate surface area is 98.3 Å². The Bertz CT molecular complexity index is 313. The lowest BCUT2D eigenvalue weighted by Crippen LogP contribution is -2.40. The Morgan fingerprint density at radius 3 is 2.88 bits per heavy atom. The fourth-order valence-corrected chi connectivity index (χ4v) is 2.19. The second-order valence-electron chi connectivity index (χ2n) is 5.26. The van der Waals surface area contributed by atoms with Gasteiger partial charge in [0.05, 0.1) is 6.33 Å². The van der Waals surface area contributed by atoms with Gasteiger partial charge >= 0.3 is 0 Å². The molecule has 3 nitrogen and oxygen atoms in total. The minimum absolute atomic E-state index is 0.701. The molecule has 1 fully saturated rings. The van der Waals surface area contributed by atoms with E-state index in [9.17, 15) is 0 Å². The van der Waals surface area contributed by atoms with Gasteiger partial charge in [0.25, 0.3) is 0 Å². The fourth-order valence-electron chi connectivity index (χ4n) is 2.19. The first kappa shape index (κ1) is 11.6. The minimum atomic E-state index is 0.701. The molecule has 1 aliphatic heterocycles. The molecule has 1 N–H and O–H groups in total. The van der Waals surface area contributed by atoms with Crippen molar-refractivity contribution in [3.8, 4) is 0 Å². The Balaban J connectivity index is 1.77. The first-order valence-electron chi connectivity index (χ1n) is 6.48. The molecule has 90 valence electrons. The zero-order valence-corrected chi connectivity index (χ0v) is 10.4. The van der Waals surface area contributed by atoms with Crippen molar-refractivity contribution in [1.29, 1.82) is 0 Å². The lowest BCUT2D eigenvalue weighted by atomic mass is 10.00. The van der Waals surface area contributed by atoms with Crippen molar-refractivity contribution in [2.75, 3.05) is 13.1 Å². The van der Waals surface area contributed by atoms with Gasteiger partial charge in [-0.25, -0.2) is 4.98 Å². The zero-order valence-electron chi connectivity index (χ0n) is 10.4. The van der Waals surface area contributed by atoms with Crippen LogP contribution in [0.2, 0.25) is 0 Å². The van der Waals surface area contributed by atoms with Crippen molar-refractivity contribution in [3.05, 3.63) is 18.2 Å². The maximum Gasteiger partial charge on any atom is 0.0948 e. The van der Waals surface area contributed by atoms with Crippen LogP contribution in [0.5, 0.6) is 0 Å². The molecule has 16 heavy (non-hydrogen) atoms. The summed E-state index contributed by atoms with van der Waals surface area (Å²) >= 11 is 0. The molecule has 0 radical (unpaired) electrons. The predicted octanol–water partition coefficient (Wildman–Crippen LogP) is 2.40. The van der Waals surface area contributed by atoms with E-state index < -0.39 is 0 Å². The Kier molecular flexibility index (Phi) is 3.99. The molecular weight excluding hydrogens is 198 g/mol. The number of nitrogens with zero attached hydrogens (tertiary/aromatic N) is 2. The first-order chi connectivity index (χ1) is 7.77. The summed E-state index contributed by atoms with van der Waals surface area (Å²) in [5.41, 5.74) is 1.42. The van der Waals surface area contributed by atoms with Crippen molar-refractivity contribution in [1.82, 2.24) is 14.9 Å². The standard InChI is InChI=1S/C13H23N3/c1-11(2)5-3-4-6-16-10-15-9-13(16)12-7-14-8-12/h9-12,14H,3-8H2,1-2H3. The van der Waals surface area contributed by atoms with Gasteiger partial charge in [-0.3, -0.25) is 0 Å². The third-order valence-corrected chi connectivity index (χ3v) is 3.37. The van der Waals surface area contributed by atoms with Gasteiger partial charge < -0.3 is 9.88 Å². The lowest BCUT2D eigenvalue weighted by Gasteiger charge is -2.27. The summed E-state index contributed by atoms with van der Waals surface area (Å²) in [7, 11) is 0. The smallest absolute Gasteiger partial charge is 0.0948 e. The molecule has 0 atom stereocenters. The first-order valence-corrected chi connectivity index (χ1v) is 6.48. The van der Waals surface area contributed by atoms with Crippen LogP contribution in [0, 0.1) is 5.92 Å². The minimum Gasteiger partial charge on any atom is -0.334 e. The van der Waals surface area contributed by atoms with Crippen LogP contribution in [-0.2, 0) is 6.54 Å². The number of aromatic nitrogens is 2. The molecule has 1 aliphatic rings. The molecule has 1 saturated heterocycles. The molecule has 0 unspecified atom stereocenters. The monoisotopic (exact) mass is 221 g/mol. The molecule has 0 aromatic carbocycles. The number of hydrogen-bond acceptors (Lipinski definition) is 2. The van der Waals surface area contributed by atoms with Gasteiger partial charge in [0, 0.05) is 37.4 Å². The van der Waals surface area contributed by atoms with Crippen LogP contribution in [-0.4, -0.2) is 22.6 Å². The summed E-state index contributed by atoms with van der Waals surface area (Å²) < 4.78 is 2.34. The summed E-state index contributed by atoms with van der Waals surface area (Å²) in [6.45, 7) is 7.97. The van der Waals surface area contributed by atoms with Crippen molar-refractivity contribution in [3.63, 3.8) is 0 Å². The van der Waals surface area contributed by atoms with E-state index >= 15 is 0 Å². The van der Waals surface area contributed by atoms with Gasteiger partial charge in [0.15, 0.2) is 0 Å². The maximum atomic E-state index is 4.27. The molecule has 3 heteroatoms. The molecule has 1 aromatic rings. The van der Waals surface area contributed by atoms with E-state index in [4.69, 9.17) is 0 Å². The number of hydrogen-bond donors (Lipinski definition) is 1. The summed E-state index contributed by atoms with van der Waals surface area (Å²) in [5.74, 6) is 1.53. The van der Waals surface area contributed by atoms with Crippen molar-refractivity contribution < 1.29 is 0 Å². The number of rotatable bonds is 6. The quantitative estimate of drug-likeness (QED) is 0.748. The maximum absolute atomic E-state index is 4.27. The van der Waals surface area contributed by atoms with Gasteiger partial charge in [-0.1, -0.05) is 26.7 Å². The largest absolute Gasteiger partial charge is 0.334 e. The highest BCUT2D eigenvalue weighted by Crippen LogP contribution is 2.19. The Hall–Kier alpha value is -0.830. The molecule has 2 heterocycles. The summed E-state index contributed by atoms with van der Waals surface area (Å²) in [6, 6.07) is 0. The zero-order chi connectivity index (χ0) is 11.4. The van der Waals surface area contributed by atoms with Crippen molar-refractivity contribution in [2.24, 2.45) is 5.92 Å². The third-order valence-electron chi connectivity index (χ3n) is 3.37. The van der Waals surface area contributed by atoms with Crippen molar-refractivity contribution >= 4 is 0 Å². The molecule has 0 saturated carbocycles. The van der Waals surface area contributed by atoms with Gasteiger partial charge in [-0.05, 0) is 12.3 Å². The molecule has 0 spiro atoms. The third kappa shape index (κ3) is 2.85. The highest BCUT2D eigenvalue weighted by Gasteiger charge is 2.21. The Morgan fingerprint density at radius 1 is 1.44 bits per heavy atom.